The van der Waals surface area contributed by atoms with Gasteiger partial charge in [0.2, 0.25) is 5.91 Å². The van der Waals surface area contributed by atoms with Crippen LogP contribution in [0.2, 0.25) is 0 Å². The van der Waals surface area contributed by atoms with Crippen molar-refractivity contribution in [3.8, 4) is 0 Å². The van der Waals surface area contributed by atoms with E-state index in [1.165, 1.54) is 7.05 Å². The van der Waals surface area contributed by atoms with E-state index in [1.807, 2.05) is 0 Å². The van der Waals surface area contributed by atoms with E-state index in [9.17, 15) is 18.0 Å². The van der Waals surface area contributed by atoms with Gasteiger partial charge in [-0.15, -0.1) is 0 Å². The standard InChI is InChI=1S/C6H7F3NO/c1-10-3-2-4(5(10)11)6(7,8)9/h2,4H,3H2,1H3. The highest BCUT2D eigenvalue weighted by Gasteiger charge is 2.49. The summed E-state index contributed by atoms with van der Waals surface area (Å²) in [7, 11) is 1.35. The molecule has 5 heteroatoms. The number of alkyl halides is 3. The normalized spacial score (nSPS) is 26.4. The molecule has 1 aliphatic rings. The van der Waals surface area contributed by atoms with Crippen LogP contribution in [0, 0.1) is 12.3 Å². The molecule has 0 N–H and O–H groups in total. The Labute approximate surface area is 62.0 Å². The summed E-state index contributed by atoms with van der Waals surface area (Å²) in [4.78, 5) is 11.8. The van der Waals surface area contributed by atoms with E-state index < -0.39 is 18.0 Å². The minimum absolute atomic E-state index is 0.0863. The molecule has 1 radical (unpaired) electrons. The molecule has 1 fully saturated rings. The van der Waals surface area contributed by atoms with Gasteiger partial charge in [-0.1, -0.05) is 0 Å². The molecule has 1 atom stereocenters. The van der Waals surface area contributed by atoms with Crippen LogP contribution in [0.15, 0.2) is 0 Å². The van der Waals surface area contributed by atoms with Crippen LogP contribution >= 0.6 is 0 Å². The Morgan fingerprint density at radius 3 is 2.36 bits per heavy atom. The lowest BCUT2D eigenvalue weighted by molar-refractivity contribution is -0.175. The van der Waals surface area contributed by atoms with Crippen LogP contribution in [0.25, 0.3) is 0 Å². The van der Waals surface area contributed by atoms with Crippen LogP contribution in [-0.2, 0) is 4.79 Å². The van der Waals surface area contributed by atoms with Crippen molar-refractivity contribution in [3.63, 3.8) is 0 Å². The molecule has 0 aromatic rings. The Bertz CT molecular complexity index is 177. The fourth-order valence-corrected chi connectivity index (χ4v) is 0.965. The van der Waals surface area contributed by atoms with Crippen LogP contribution in [-0.4, -0.2) is 30.6 Å². The number of carbonyl (C=O) groups is 1. The first-order chi connectivity index (χ1) is 4.93. The Balaban J connectivity index is 2.70. The molecule has 0 aromatic heterocycles. The van der Waals surface area contributed by atoms with Gasteiger partial charge in [-0.3, -0.25) is 4.79 Å². The number of hydrogen-bond donors (Lipinski definition) is 0. The molecule has 63 valence electrons. The van der Waals surface area contributed by atoms with Crippen LogP contribution in [0.1, 0.15) is 0 Å². The summed E-state index contributed by atoms with van der Waals surface area (Å²) >= 11 is 0. The van der Waals surface area contributed by atoms with Crippen molar-refractivity contribution in [1.29, 1.82) is 0 Å². The topological polar surface area (TPSA) is 20.3 Å². The summed E-state index contributed by atoms with van der Waals surface area (Å²) in [5.74, 6) is -2.75. The zero-order valence-corrected chi connectivity index (χ0v) is 5.85. The molecule has 1 heterocycles. The molecule has 1 saturated heterocycles. The average molecular weight is 166 g/mol. The molecular weight excluding hydrogens is 159 g/mol. The molecule has 2 nitrogen and oxygen atoms in total. The second kappa shape index (κ2) is 2.39. The number of carbonyl (C=O) groups excluding carboxylic acids is 1. The van der Waals surface area contributed by atoms with Crippen LogP contribution in [0.4, 0.5) is 13.2 Å². The van der Waals surface area contributed by atoms with Gasteiger partial charge in [-0.25, -0.2) is 0 Å². The highest BCUT2D eigenvalue weighted by atomic mass is 19.4. The largest absolute Gasteiger partial charge is 0.400 e. The highest BCUT2D eigenvalue weighted by molar-refractivity contribution is 5.83. The summed E-state index contributed by atoms with van der Waals surface area (Å²) in [6, 6.07) is 0. The van der Waals surface area contributed by atoms with Gasteiger partial charge < -0.3 is 4.90 Å². The number of rotatable bonds is 0. The van der Waals surface area contributed by atoms with Crippen LogP contribution < -0.4 is 0 Å². The number of hydrogen-bond acceptors (Lipinski definition) is 1. The molecule has 1 unspecified atom stereocenters. The van der Waals surface area contributed by atoms with E-state index in [2.05, 4.69) is 0 Å². The van der Waals surface area contributed by atoms with Gasteiger partial charge in [0.1, 0.15) is 5.92 Å². The predicted molar refractivity (Wildman–Crippen MR) is 31.5 cm³/mol. The molecule has 0 saturated carbocycles. The molecule has 1 rings (SSSR count). The predicted octanol–water partition coefficient (Wildman–Crippen LogP) is 0.841. The van der Waals surface area contributed by atoms with E-state index in [-0.39, 0.29) is 6.54 Å². The maximum absolute atomic E-state index is 11.9. The number of halogens is 3. The van der Waals surface area contributed by atoms with E-state index >= 15 is 0 Å². The fourth-order valence-electron chi connectivity index (χ4n) is 0.965. The van der Waals surface area contributed by atoms with Gasteiger partial charge in [0.05, 0.1) is 0 Å². The molecular formula is C6H7F3NO. The maximum Gasteiger partial charge on any atom is 0.400 e. The Morgan fingerprint density at radius 2 is 2.18 bits per heavy atom. The van der Waals surface area contributed by atoms with Gasteiger partial charge in [0.25, 0.3) is 0 Å². The molecule has 11 heavy (non-hydrogen) atoms. The Morgan fingerprint density at radius 1 is 1.64 bits per heavy atom. The summed E-state index contributed by atoms with van der Waals surface area (Å²) in [6.45, 7) is 0.0863. The zero-order valence-electron chi connectivity index (χ0n) is 5.85. The van der Waals surface area contributed by atoms with E-state index in [4.69, 9.17) is 0 Å². The third kappa shape index (κ3) is 1.46. The SMILES string of the molecule is CN1C[CH]C(C(F)(F)F)C1=O. The zero-order chi connectivity index (χ0) is 8.65. The van der Waals surface area contributed by atoms with Crippen LogP contribution in [0.3, 0.4) is 0 Å². The molecule has 0 aliphatic carbocycles. The Hall–Kier alpha value is -0.740. The smallest absolute Gasteiger partial charge is 0.345 e. The van der Waals surface area contributed by atoms with E-state index in [0.717, 1.165) is 11.3 Å². The van der Waals surface area contributed by atoms with Gasteiger partial charge in [0.15, 0.2) is 0 Å². The van der Waals surface area contributed by atoms with Crippen LogP contribution in [0.5, 0.6) is 0 Å². The monoisotopic (exact) mass is 166 g/mol. The first-order valence-corrected chi connectivity index (χ1v) is 3.08. The van der Waals surface area contributed by atoms with Gasteiger partial charge >= 0.3 is 6.18 Å². The molecule has 1 amide bonds. The van der Waals surface area contributed by atoms with Crippen molar-refractivity contribution in [2.75, 3.05) is 13.6 Å². The summed E-state index contributed by atoms with van der Waals surface area (Å²) < 4.78 is 35.7. The molecule has 0 aromatic carbocycles. The van der Waals surface area contributed by atoms with Crippen molar-refractivity contribution in [1.82, 2.24) is 4.90 Å². The van der Waals surface area contributed by atoms with E-state index in [1.54, 1.807) is 0 Å². The highest BCUT2D eigenvalue weighted by Crippen LogP contribution is 2.32. The van der Waals surface area contributed by atoms with Crippen molar-refractivity contribution < 1.29 is 18.0 Å². The lowest BCUT2D eigenvalue weighted by Crippen LogP contribution is -2.31. The van der Waals surface area contributed by atoms with Gasteiger partial charge in [-0.2, -0.15) is 13.2 Å². The maximum atomic E-state index is 11.9. The summed E-state index contributed by atoms with van der Waals surface area (Å²) in [6.07, 6.45) is -3.44. The Kier molecular flexibility index (Phi) is 1.82. The second-order valence-corrected chi connectivity index (χ2v) is 2.47. The van der Waals surface area contributed by atoms with Crippen molar-refractivity contribution >= 4 is 5.91 Å². The van der Waals surface area contributed by atoms with Gasteiger partial charge in [-0.05, 0) is 0 Å². The third-order valence-corrected chi connectivity index (χ3v) is 1.61. The first kappa shape index (κ1) is 8.36. The van der Waals surface area contributed by atoms with E-state index in [0.29, 0.717) is 0 Å². The lowest BCUT2D eigenvalue weighted by atomic mass is 10.1. The molecule has 1 aliphatic heterocycles. The summed E-state index contributed by atoms with van der Waals surface area (Å²) in [5.41, 5.74) is 0. The van der Waals surface area contributed by atoms with Gasteiger partial charge in [0, 0.05) is 20.0 Å². The minimum atomic E-state index is -4.41. The van der Waals surface area contributed by atoms with Crippen molar-refractivity contribution in [3.05, 3.63) is 6.42 Å². The summed E-state index contributed by atoms with van der Waals surface area (Å²) in [5, 5.41) is 0. The quantitative estimate of drug-likeness (QED) is 0.522. The number of amides is 1. The second-order valence-electron chi connectivity index (χ2n) is 2.47. The lowest BCUT2D eigenvalue weighted by Gasteiger charge is -2.12. The number of nitrogens with zero attached hydrogens (tertiary/aromatic N) is 1. The number of likely N-dealkylation sites (tertiary alicyclic amines) is 1. The third-order valence-electron chi connectivity index (χ3n) is 1.61. The molecule has 0 bridgehead atoms. The average Bonchev–Trinajstić information content (AvgIpc) is 2.11. The molecule has 0 spiro atoms. The van der Waals surface area contributed by atoms with Crippen molar-refractivity contribution in [2.24, 2.45) is 5.92 Å². The first-order valence-electron chi connectivity index (χ1n) is 3.08. The van der Waals surface area contributed by atoms with Crippen molar-refractivity contribution in [2.45, 2.75) is 6.18 Å². The fraction of sp³-hybridized carbons (Fsp3) is 0.667. The minimum Gasteiger partial charge on any atom is -0.345 e.